The van der Waals surface area contributed by atoms with E-state index in [1.165, 1.54) is 31.2 Å². The fraction of sp³-hybridized carbons (Fsp3) is 0.273. The van der Waals surface area contributed by atoms with Gasteiger partial charge in [0.15, 0.2) is 0 Å². The molecular formula is C22H23BrN8O3. The Bertz CT molecular complexity index is 1180. The van der Waals surface area contributed by atoms with Crippen LogP contribution in [0.15, 0.2) is 52.0 Å². The first-order valence-electron chi connectivity index (χ1n) is 10.8. The van der Waals surface area contributed by atoms with E-state index in [4.69, 9.17) is 0 Å². The molecule has 0 atom stereocenters. The zero-order valence-corrected chi connectivity index (χ0v) is 19.8. The van der Waals surface area contributed by atoms with Gasteiger partial charge in [0.25, 0.3) is 5.69 Å². The molecule has 0 aliphatic carbocycles. The molecule has 0 unspecified atom stereocenters. The van der Waals surface area contributed by atoms with E-state index in [0.29, 0.717) is 17.2 Å². The molecule has 0 spiro atoms. The van der Waals surface area contributed by atoms with Crippen LogP contribution in [-0.4, -0.2) is 44.3 Å². The summed E-state index contributed by atoms with van der Waals surface area (Å²) in [6.07, 6.45) is 5.92. The largest absolute Gasteiger partial charge is 0.507 e. The quantitative estimate of drug-likeness (QED) is 0.224. The predicted octanol–water partition coefficient (Wildman–Crippen LogP) is 4.82. The van der Waals surface area contributed by atoms with Gasteiger partial charge in [0.1, 0.15) is 5.75 Å². The van der Waals surface area contributed by atoms with E-state index in [9.17, 15) is 15.2 Å². The number of rotatable bonds is 7. The number of hydrogen-bond donors (Lipinski definition) is 3. The Morgan fingerprint density at radius 1 is 1.03 bits per heavy atom. The van der Waals surface area contributed by atoms with E-state index in [2.05, 4.69) is 51.6 Å². The van der Waals surface area contributed by atoms with Crippen LogP contribution in [0.4, 0.5) is 29.2 Å². The van der Waals surface area contributed by atoms with Crippen molar-refractivity contribution in [3.63, 3.8) is 0 Å². The molecule has 11 nitrogen and oxygen atoms in total. The number of aromatic nitrogens is 3. The molecule has 2 heterocycles. The summed E-state index contributed by atoms with van der Waals surface area (Å²) >= 11 is 3.37. The van der Waals surface area contributed by atoms with Gasteiger partial charge in [-0.05, 0) is 43.2 Å². The molecule has 0 saturated carbocycles. The van der Waals surface area contributed by atoms with Crippen molar-refractivity contribution >= 4 is 51.4 Å². The van der Waals surface area contributed by atoms with Crippen LogP contribution in [0.1, 0.15) is 31.2 Å². The maximum absolute atomic E-state index is 10.9. The maximum atomic E-state index is 10.9. The van der Waals surface area contributed by atoms with Gasteiger partial charge >= 0.3 is 0 Å². The normalized spacial score (nSPS) is 14.1. The Morgan fingerprint density at radius 2 is 1.74 bits per heavy atom. The number of phenolic OH excluding ortho intramolecular Hbond substituents is 1. The summed E-state index contributed by atoms with van der Waals surface area (Å²) in [6.45, 7) is 1.69. The summed E-state index contributed by atoms with van der Waals surface area (Å²) in [5.74, 6) is 1.12. The van der Waals surface area contributed by atoms with Crippen molar-refractivity contribution in [3.05, 3.63) is 62.6 Å². The Labute approximate surface area is 204 Å². The standard InChI is InChI=1S/C22H23BrN8O3/c23-16-5-10-19(32)15(13-16)14-24-29-21-26-20(25-17-6-8-18(9-7-17)31(33)34)27-22(28-21)30-11-3-1-2-4-12-30/h5-10,13-14,32H,1-4,11-12H2,(H2,25,26,27,28,29). The number of non-ortho nitro benzene ring substituents is 1. The summed E-state index contributed by atoms with van der Waals surface area (Å²) in [5.41, 5.74) is 3.93. The minimum Gasteiger partial charge on any atom is -0.507 e. The third-order valence-corrected chi connectivity index (χ3v) is 5.70. The van der Waals surface area contributed by atoms with Gasteiger partial charge < -0.3 is 15.3 Å². The molecule has 1 aliphatic heterocycles. The monoisotopic (exact) mass is 526 g/mol. The number of nitrogens with one attached hydrogen (secondary N) is 2. The van der Waals surface area contributed by atoms with Crippen molar-refractivity contribution in [2.24, 2.45) is 5.10 Å². The number of aromatic hydroxyl groups is 1. The van der Waals surface area contributed by atoms with E-state index < -0.39 is 4.92 Å². The van der Waals surface area contributed by atoms with Crippen molar-refractivity contribution < 1.29 is 10.0 Å². The molecule has 1 aromatic heterocycles. The van der Waals surface area contributed by atoms with E-state index in [1.807, 2.05) is 0 Å². The van der Waals surface area contributed by atoms with E-state index in [0.717, 1.165) is 30.4 Å². The lowest BCUT2D eigenvalue weighted by molar-refractivity contribution is -0.384. The first-order chi connectivity index (χ1) is 16.5. The van der Waals surface area contributed by atoms with Crippen LogP contribution in [0.3, 0.4) is 0 Å². The number of nitrogens with zero attached hydrogens (tertiary/aromatic N) is 6. The minimum atomic E-state index is -0.451. The summed E-state index contributed by atoms with van der Waals surface area (Å²) in [7, 11) is 0. The number of hydrazone groups is 1. The molecule has 3 N–H and O–H groups in total. The molecule has 34 heavy (non-hydrogen) atoms. The number of nitro benzene ring substituents is 1. The number of phenols is 1. The molecule has 1 saturated heterocycles. The van der Waals surface area contributed by atoms with Crippen molar-refractivity contribution in [2.75, 3.05) is 28.7 Å². The maximum Gasteiger partial charge on any atom is 0.269 e. The Morgan fingerprint density at radius 3 is 2.44 bits per heavy atom. The second-order valence-corrected chi connectivity index (χ2v) is 8.60. The van der Waals surface area contributed by atoms with Crippen LogP contribution in [-0.2, 0) is 0 Å². The summed E-state index contributed by atoms with van der Waals surface area (Å²) in [5, 5.41) is 28.2. The lowest BCUT2D eigenvalue weighted by Crippen LogP contribution is -2.26. The smallest absolute Gasteiger partial charge is 0.269 e. The molecule has 176 valence electrons. The lowest BCUT2D eigenvalue weighted by Gasteiger charge is -2.21. The van der Waals surface area contributed by atoms with E-state index in [-0.39, 0.29) is 23.3 Å². The van der Waals surface area contributed by atoms with E-state index >= 15 is 0 Å². The summed E-state index contributed by atoms with van der Waals surface area (Å²) in [6, 6.07) is 11.0. The number of hydrogen-bond acceptors (Lipinski definition) is 10. The molecular weight excluding hydrogens is 504 g/mol. The molecule has 3 aromatic rings. The number of anilines is 4. The fourth-order valence-corrected chi connectivity index (χ4v) is 3.85. The highest BCUT2D eigenvalue weighted by atomic mass is 79.9. The van der Waals surface area contributed by atoms with Crippen LogP contribution >= 0.6 is 15.9 Å². The van der Waals surface area contributed by atoms with Gasteiger partial charge in [0, 0.05) is 40.9 Å². The van der Waals surface area contributed by atoms with Gasteiger partial charge in [-0.25, -0.2) is 5.43 Å². The van der Waals surface area contributed by atoms with Crippen LogP contribution in [0, 0.1) is 10.1 Å². The fourth-order valence-electron chi connectivity index (χ4n) is 3.47. The second kappa shape index (κ2) is 10.9. The van der Waals surface area contributed by atoms with Gasteiger partial charge in [0.05, 0.1) is 11.1 Å². The SMILES string of the molecule is O=[N+]([O-])c1ccc(Nc2nc(NN=Cc3cc(Br)ccc3O)nc(N3CCCCCC3)n2)cc1. The van der Waals surface area contributed by atoms with Crippen LogP contribution in [0.2, 0.25) is 0 Å². The molecule has 2 aromatic carbocycles. The Balaban J connectivity index is 1.59. The van der Waals surface area contributed by atoms with Crippen LogP contribution in [0.25, 0.3) is 0 Å². The molecule has 4 rings (SSSR count). The molecule has 0 bridgehead atoms. The number of benzene rings is 2. The number of nitro groups is 1. The average Bonchev–Trinajstić information content (AvgIpc) is 3.11. The number of halogens is 1. The molecule has 1 aliphatic rings. The first kappa shape index (κ1) is 23.4. The highest BCUT2D eigenvalue weighted by molar-refractivity contribution is 9.10. The van der Waals surface area contributed by atoms with Crippen molar-refractivity contribution in [1.82, 2.24) is 15.0 Å². The Kier molecular flexibility index (Phi) is 7.48. The molecule has 12 heteroatoms. The molecule has 1 fully saturated rings. The van der Waals surface area contributed by atoms with Crippen LogP contribution in [0.5, 0.6) is 5.75 Å². The highest BCUT2D eigenvalue weighted by Gasteiger charge is 2.16. The zero-order valence-electron chi connectivity index (χ0n) is 18.2. The van der Waals surface area contributed by atoms with Gasteiger partial charge in [-0.15, -0.1) is 0 Å². The summed E-state index contributed by atoms with van der Waals surface area (Å²) in [4.78, 5) is 26.1. The topological polar surface area (TPSA) is 142 Å². The second-order valence-electron chi connectivity index (χ2n) is 7.69. The van der Waals surface area contributed by atoms with Gasteiger partial charge in [-0.3, -0.25) is 10.1 Å². The molecule has 0 amide bonds. The zero-order chi connectivity index (χ0) is 23.9. The lowest BCUT2D eigenvalue weighted by atomic mass is 10.2. The third kappa shape index (κ3) is 6.16. The van der Waals surface area contributed by atoms with Crippen LogP contribution < -0.4 is 15.6 Å². The van der Waals surface area contributed by atoms with Crippen molar-refractivity contribution in [3.8, 4) is 5.75 Å². The average molecular weight is 527 g/mol. The van der Waals surface area contributed by atoms with Crippen molar-refractivity contribution in [2.45, 2.75) is 25.7 Å². The van der Waals surface area contributed by atoms with Gasteiger partial charge in [-0.1, -0.05) is 28.8 Å². The predicted molar refractivity (Wildman–Crippen MR) is 134 cm³/mol. The third-order valence-electron chi connectivity index (χ3n) is 5.20. The first-order valence-corrected chi connectivity index (χ1v) is 11.6. The van der Waals surface area contributed by atoms with E-state index in [1.54, 1.807) is 30.3 Å². The van der Waals surface area contributed by atoms with Gasteiger partial charge in [0.2, 0.25) is 17.8 Å². The Hall–Kier alpha value is -3.80. The highest BCUT2D eigenvalue weighted by Crippen LogP contribution is 2.23. The minimum absolute atomic E-state index is 0.000975. The van der Waals surface area contributed by atoms with Crippen molar-refractivity contribution in [1.29, 1.82) is 0 Å². The summed E-state index contributed by atoms with van der Waals surface area (Å²) < 4.78 is 0.810. The molecule has 0 radical (unpaired) electrons. The van der Waals surface area contributed by atoms with Gasteiger partial charge in [-0.2, -0.15) is 20.1 Å².